The van der Waals surface area contributed by atoms with Gasteiger partial charge in [0.25, 0.3) is 0 Å². The zero-order valence-corrected chi connectivity index (χ0v) is 18.3. The lowest BCUT2D eigenvalue weighted by Gasteiger charge is -2.14. The van der Waals surface area contributed by atoms with Crippen LogP contribution in [0.1, 0.15) is 25.7 Å². The predicted molar refractivity (Wildman–Crippen MR) is 115 cm³/mol. The average molecular weight is 532 g/mol. The molecule has 0 bridgehead atoms. The molecule has 0 amide bonds. The van der Waals surface area contributed by atoms with Crippen molar-refractivity contribution in [1.82, 2.24) is 0 Å². The van der Waals surface area contributed by atoms with Crippen molar-refractivity contribution in [3.8, 4) is 27.3 Å². The lowest BCUT2D eigenvalue weighted by molar-refractivity contribution is 0.239. The number of ether oxygens (including phenoxy) is 1. The van der Waals surface area contributed by atoms with Gasteiger partial charge in [-0.15, -0.1) is 11.3 Å². The molecule has 7 heteroatoms. The molecule has 1 aliphatic carbocycles. The topological polar surface area (TPSA) is 9.23 Å². The lowest BCUT2D eigenvalue weighted by Crippen LogP contribution is -2.09. The lowest BCUT2D eigenvalue weighted by atomic mass is 10.0. The first-order valence-corrected chi connectivity index (χ1v) is 11.2. The quantitative estimate of drug-likeness (QED) is 0.241. The van der Waals surface area contributed by atoms with Crippen LogP contribution in [0.4, 0.5) is 17.6 Å². The fraction of sp³-hybridized carbons (Fsp3) is 0.273. The minimum atomic E-state index is -1.24. The molecule has 1 aromatic heterocycles. The molecule has 0 unspecified atom stereocenters. The molecule has 0 spiro atoms. The van der Waals surface area contributed by atoms with Gasteiger partial charge in [0.1, 0.15) is 0 Å². The molecule has 1 fully saturated rings. The van der Waals surface area contributed by atoms with Crippen LogP contribution in [0.3, 0.4) is 0 Å². The van der Waals surface area contributed by atoms with Gasteiger partial charge < -0.3 is 4.74 Å². The van der Waals surface area contributed by atoms with Gasteiger partial charge in [-0.05, 0) is 71.7 Å². The SMILES string of the molecule is Fc1c(OCC2CCCC2)ccc(-c2ccc(-c3ccc(I)s3)c(F)c2F)c1F. The molecule has 0 saturated heterocycles. The molecule has 0 aliphatic heterocycles. The van der Waals surface area contributed by atoms with Gasteiger partial charge >= 0.3 is 0 Å². The Morgan fingerprint density at radius 3 is 2.03 bits per heavy atom. The summed E-state index contributed by atoms with van der Waals surface area (Å²) in [6.07, 6.45) is 4.27. The van der Waals surface area contributed by atoms with E-state index < -0.39 is 23.3 Å². The van der Waals surface area contributed by atoms with E-state index in [1.165, 1.54) is 35.6 Å². The van der Waals surface area contributed by atoms with E-state index in [4.69, 9.17) is 4.74 Å². The summed E-state index contributed by atoms with van der Waals surface area (Å²) in [5, 5.41) is 0. The van der Waals surface area contributed by atoms with E-state index >= 15 is 0 Å². The maximum atomic E-state index is 14.7. The number of hydrogen-bond acceptors (Lipinski definition) is 2. The molecule has 3 aromatic rings. The second-order valence-electron chi connectivity index (χ2n) is 7.09. The molecule has 0 radical (unpaired) electrons. The van der Waals surface area contributed by atoms with E-state index in [2.05, 4.69) is 22.6 Å². The fourth-order valence-electron chi connectivity index (χ4n) is 3.64. The summed E-state index contributed by atoms with van der Waals surface area (Å²) in [4.78, 5) is 0.569. The number of halogens is 5. The molecular formula is C22H17F4IOS. The van der Waals surface area contributed by atoms with Crippen molar-refractivity contribution >= 4 is 33.9 Å². The van der Waals surface area contributed by atoms with Crippen LogP contribution in [0.2, 0.25) is 0 Å². The number of thiophene rings is 1. The van der Waals surface area contributed by atoms with Crippen LogP contribution in [-0.4, -0.2) is 6.61 Å². The van der Waals surface area contributed by atoms with Crippen molar-refractivity contribution in [1.29, 1.82) is 0 Å². The Morgan fingerprint density at radius 1 is 0.793 bits per heavy atom. The van der Waals surface area contributed by atoms with Crippen molar-refractivity contribution in [3.05, 3.63) is 62.6 Å². The van der Waals surface area contributed by atoms with E-state index in [9.17, 15) is 17.6 Å². The van der Waals surface area contributed by atoms with Crippen molar-refractivity contribution in [2.75, 3.05) is 6.61 Å². The third-order valence-corrected chi connectivity index (χ3v) is 7.13. The van der Waals surface area contributed by atoms with Crippen molar-refractivity contribution in [2.24, 2.45) is 5.92 Å². The average Bonchev–Trinajstić information content (AvgIpc) is 3.37. The van der Waals surface area contributed by atoms with E-state index in [1.54, 1.807) is 12.1 Å². The first-order valence-electron chi connectivity index (χ1n) is 9.30. The third-order valence-electron chi connectivity index (χ3n) is 5.21. The van der Waals surface area contributed by atoms with Gasteiger partial charge in [-0.3, -0.25) is 0 Å². The Bertz CT molecular complexity index is 1040. The van der Waals surface area contributed by atoms with Crippen LogP contribution >= 0.6 is 33.9 Å². The van der Waals surface area contributed by atoms with Crippen LogP contribution in [0.25, 0.3) is 21.6 Å². The Balaban J connectivity index is 1.64. The Morgan fingerprint density at radius 2 is 1.38 bits per heavy atom. The largest absolute Gasteiger partial charge is 0.490 e. The summed E-state index contributed by atoms with van der Waals surface area (Å²) in [5.41, 5.74) is -0.563. The zero-order valence-electron chi connectivity index (χ0n) is 15.3. The highest BCUT2D eigenvalue weighted by Crippen LogP contribution is 2.37. The summed E-state index contributed by atoms with van der Waals surface area (Å²) in [5.74, 6) is -4.57. The molecule has 4 rings (SSSR count). The predicted octanol–water partition coefficient (Wildman–Crippen LogP) is 7.81. The van der Waals surface area contributed by atoms with Gasteiger partial charge in [0.15, 0.2) is 23.2 Å². The molecule has 1 heterocycles. The van der Waals surface area contributed by atoms with Crippen LogP contribution in [0, 0.1) is 32.1 Å². The van der Waals surface area contributed by atoms with Crippen LogP contribution in [0.5, 0.6) is 5.75 Å². The second kappa shape index (κ2) is 8.63. The monoisotopic (exact) mass is 532 g/mol. The van der Waals surface area contributed by atoms with Gasteiger partial charge in [-0.2, -0.15) is 4.39 Å². The number of hydrogen-bond donors (Lipinski definition) is 0. The third kappa shape index (κ3) is 4.17. The summed E-state index contributed by atoms with van der Waals surface area (Å²) in [6, 6.07) is 8.66. The smallest absolute Gasteiger partial charge is 0.201 e. The van der Waals surface area contributed by atoms with Gasteiger partial charge in [0, 0.05) is 21.6 Å². The number of benzene rings is 2. The maximum absolute atomic E-state index is 14.7. The molecular weight excluding hydrogens is 515 g/mol. The minimum absolute atomic E-state index is 0.0940. The summed E-state index contributed by atoms with van der Waals surface area (Å²) in [7, 11) is 0. The first kappa shape index (κ1) is 20.7. The van der Waals surface area contributed by atoms with Gasteiger partial charge in [0.05, 0.1) is 9.49 Å². The van der Waals surface area contributed by atoms with Crippen molar-refractivity contribution in [3.63, 3.8) is 0 Å². The van der Waals surface area contributed by atoms with Crippen LogP contribution in [-0.2, 0) is 0 Å². The van der Waals surface area contributed by atoms with E-state index in [1.807, 2.05) is 0 Å². The van der Waals surface area contributed by atoms with Crippen LogP contribution < -0.4 is 4.74 Å². The Labute approximate surface area is 183 Å². The van der Waals surface area contributed by atoms with Gasteiger partial charge in [-0.25, -0.2) is 13.2 Å². The van der Waals surface area contributed by atoms with E-state index in [0.717, 1.165) is 28.6 Å². The zero-order chi connectivity index (χ0) is 20.5. The highest BCUT2D eigenvalue weighted by molar-refractivity contribution is 14.1. The van der Waals surface area contributed by atoms with Gasteiger partial charge in [0.2, 0.25) is 5.82 Å². The summed E-state index contributed by atoms with van der Waals surface area (Å²) >= 11 is 3.41. The molecule has 152 valence electrons. The Kier molecular flexibility index (Phi) is 6.15. The van der Waals surface area contributed by atoms with Crippen molar-refractivity contribution in [2.45, 2.75) is 25.7 Å². The highest BCUT2D eigenvalue weighted by atomic mass is 127. The normalized spacial score (nSPS) is 14.5. The molecule has 1 nitrogen and oxygen atoms in total. The molecule has 2 aromatic carbocycles. The molecule has 29 heavy (non-hydrogen) atoms. The molecule has 0 N–H and O–H groups in total. The minimum Gasteiger partial charge on any atom is -0.490 e. The Hall–Kier alpha value is -1.61. The van der Waals surface area contributed by atoms with E-state index in [0.29, 0.717) is 17.4 Å². The standard InChI is InChI=1S/C22H17F4IOS/c23-19-13(5-6-15(21(19)25)17-9-10-18(27)29-17)14-7-8-16(22(26)20(14)24)28-11-12-3-1-2-4-12/h5-10,12H,1-4,11H2. The molecule has 1 aliphatic rings. The van der Waals surface area contributed by atoms with Gasteiger partial charge in [-0.1, -0.05) is 18.9 Å². The summed E-state index contributed by atoms with van der Waals surface area (Å²) in [6.45, 7) is 0.326. The van der Waals surface area contributed by atoms with Crippen LogP contribution in [0.15, 0.2) is 36.4 Å². The van der Waals surface area contributed by atoms with Crippen molar-refractivity contribution < 1.29 is 22.3 Å². The second-order valence-corrected chi connectivity index (χ2v) is 10.1. The highest BCUT2D eigenvalue weighted by Gasteiger charge is 2.23. The number of rotatable bonds is 5. The molecule has 0 atom stereocenters. The first-order chi connectivity index (χ1) is 14.0. The summed E-state index contributed by atoms with van der Waals surface area (Å²) < 4.78 is 64.9. The maximum Gasteiger partial charge on any atom is 0.201 e. The fourth-order valence-corrected chi connectivity index (χ4v) is 5.28. The van der Waals surface area contributed by atoms with E-state index in [-0.39, 0.29) is 22.4 Å². The molecule has 1 saturated carbocycles.